The lowest BCUT2D eigenvalue weighted by molar-refractivity contribution is -0.121. The van der Waals surface area contributed by atoms with Crippen LogP contribution in [0.4, 0.5) is 4.79 Å². The fourth-order valence-corrected chi connectivity index (χ4v) is 4.26. The number of amides is 1. The standard InChI is InChI=1S/C18H22BrNO6/c1-9-12(16(21)24-3)8-13(19)15-14(9)25-18(2,26-15)10-4-6-11(7-5-10)20-17(22)23/h8,10-11,20H,4-7H2,1-3H3,(H,22,23)/t10-,11-,18?. The summed E-state index contributed by atoms with van der Waals surface area (Å²) in [6.07, 6.45) is 2.06. The Kier molecular flexibility index (Phi) is 5.05. The molecule has 1 aliphatic heterocycles. The molecule has 0 bridgehead atoms. The van der Waals surface area contributed by atoms with Gasteiger partial charge in [-0.25, -0.2) is 9.59 Å². The first kappa shape index (κ1) is 18.8. The van der Waals surface area contributed by atoms with Crippen molar-refractivity contribution in [2.75, 3.05) is 7.11 Å². The van der Waals surface area contributed by atoms with Crippen molar-refractivity contribution in [2.45, 2.75) is 51.4 Å². The summed E-state index contributed by atoms with van der Waals surface area (Å²) >= 11 is 3.45. The summed E-state index contributed by atoms with van der Waals surface area (Å²) in [6, 6.07) is 1.65. The lowest BCUT2D eigenvalue weighted by atomic mass is 9.81. The van der Waals surface area contributed by atoms with Gasteiger partial charge in [0.15, 0.2) is 11.5 Å². The molecule has 2 aliphatic rings. The summed E-state index contributed by atoms with van der Waals surface area (Å²) in [7, 11) is 1.34. The van der Waals surface area contributed by atoms with Crippen molar-refractivity contribution < 1.29 is 28.9 Å². The summed E-state index contributed by atoms with van der Waals surface area (Å²) in [5.41, 5.74) is 1.11. The second kappa shape index (κ2) is 6.98. The maximum atomic E-state index is 12.0. The van der Waals surface area contributed by atoms with E-state index in [4.69, 9.17) is 19.3 Å². The van der Waals surface area contributed by atoms with Gasteiger partial charge in [0, 0.05) is 24.4 Å². The molecule has 1 amide bonds. The van der Waals surface area contributed by atoms with Crippen LogP contribution in [0.5, 0.6) is 11.5 Å². The number of hydrogen-bond donors (Lipinski definition) is 2. The van der Waals surface area contributed by atoms with Crippen LogP contribution in [0.1, 0.15) is 48.5 Å². The molecule has 1 aliphatic carbocycles. The number of carboxylic acid groups (broad SMARTS) is 1. The van der Waals surface area contributed by atoms with E-state index in [2.05, 4.69) is 21.2 Å². The molecule has 1 saturated carbocycles. The van der Waals surface area contributed by atoms with Gasteiger partial charge < -0.3 is 24.6 Å². The minimum atomic E-state index is -0.990. The molecule has 26 heavy (non-hydrogen) atoms. The average molecular weight is 428 g/mol. The van der Waals surface area contributed by atoms with Crippen LogP contribution in [0.3, 0.4) is 0 Å². The molecule has 1 aromatic rings. The summed E-state index contributed by atoms with van der Waals surface area (Å²) in [5, 5.41) is 11.4. The molecule has 0 radical (unpaired) electrons. The largest absolute Gasteiger partial charge is 0.465 e. The van der Waals surface area contributed by atoms with Crippen molar-refractivity contribution in [1.82, 2.24) is 5.32 Å². The Labute approximate surface area is 160 Å². The van der Waals surface area contributed by atoms with E-state index in [1.54, 1.807) is 13.0 Å². The smallest absolute Gasteiger partial charge is 0.404 e. The Morgan fingerprint density at radius 3 is 2.46 bits per heavy atom. The Hall–Kier alpha value is -1.96. The Morgan fingerprint density at radius 2 is 1.88 bits per heavy atom. The highest BCUT2D eigenvalue weighted by Crippen LogP contribution is 2.51. The van der Waals surface area contributed by atoms with Crippen LogP contribution >= 0.6 is 15.9 Å². The molecular formula is C18H22BrNO6. The van der Waals surface area contributed by atoms with Crippen molar-refractivity contribution in [1.29, 1.82) is 0 Å². The number of fused-ring (bicyclic) bond motifs is 1. The SMILES string of the molecule is COC(=O)c1cc(Br)c2c(c1C)OC(C)([C@H]1CC[C@H](NC(=O)O)CC1)O2. The van der Waals surface area contributed by atoms with Crippen LogP contribution in [0.25, 0.3) is 0 Å². The number of benzene rings is 1. The van der Waals surface area contributed by atoms with Gasteiger partial charge in [-0.2, -0.15) is 0 Å². The molecule has 7 nitrogen and oxygen atoms in total. The van der Waals surface area contributed by atoms with Crippen LogP contribution in [-0.4, -0.2) is 36.1 Å². The van der Waals surface area contributed by atoms with Crippen molar-refractivity contribution >= 4 is 28.0 Å². The highest BCUT2D eigenvalue weighted by molar-refractivity contribution is 9.10. The molecule has 8 heteroatoms. The fourth-order valence-electron chi connectivity index (χ4n) is 3.77. The van der Waals surface area contributed by atoms with Gasteiger partial charge in [-0.1, -0.05) is 0 Å². The molecule has 1 fully saturated rings. The van der Waals surface area contributed by atoms with Crippen molar-refractivity contribution in [3.63, 3.8) is 0 Å². The van der Waals surface area contributed by atoms with E-state index in [0.29, 0.717) is 27.1 Å². The molecule has 142 valence electrons. The second-order valence-electron chi connectivity index (χ2n) is 6.90. The van der Waals surface area contributed by atoms with Gasteiger partial charge >= 0.3 is 12.1 Å². The minimum absolute atomic E-state index is 0.0319. The monoisotopic (exact) mass is 427 g/mol. The lowest BCUT2D eigenvalue weighted by Gasteiger charge is -2.37. The van der Waals surface area contributed by atoms with E-state index >= 15 is 0 Å². The number of methoxy groups -OCH3 is 1. The predicted molar refractivity (Wildman–Crippen MR) is 96.8 cm³/mol. The number of hydrogen-bond acceptors (Lipinski definition) is 5. The summed E-state index contributed by atoms with van der Waals surface area (Å²) in [4.78, 5) is 22.8. The zero-order valence-electron chi connectivity index (χ0n) is 14.9. The second-order valence-corrected chi connectivity index (χ2v) is 7.75. The number of nitrogens with one attached hydrogen (secondary N) is 1. The van der Waals surface area contributed by atoms with Crippen LogP contribution < -0.4 is 14.8 Å². The molecule has 2 N–H and O–H groups in total. The van der Waals surface area contributed by atoms with Gasteiger partial charge in [0.25, 0.3) is 5.79 Å². The minimum Gasteiger partial charge on any atom is -0.465 e. The van der Waals surface area contributed by atoms with E-state index in [0.717, 1.165) is 25.7 Å². The molecular weight excluding hydrogens is 406 g/mol. The third kappa shape index (κ3) is 3.34. The third-order valence-electron chi connectivity index (χ3n) is 5.25. The number of esters is 1. The van der Waals surface area contributed by atoms with Crippen LogP contribution in [0, 0.1) is 12.8 Å². The van der Waals surface area contributed by atoms with Crippen LogP contribution in [0.15, 0.2) is 10.5 Å². The first-order chi connectivity index (χ1) is 12.2. The Morgan fingerprint density at radius 1 is 1.27 bits per heavy atom. The van der Waals surface area contributed by atoms with E-state index in [1.165, 1.54) is 7.11 Å². The van der Waals surface area contributed by atoms with Crippen LogP contribution in [-0.2, 0) is 4.74 Å². The first-order valence-electron chi connectivity index (χ1n) is 8.54. The number of carbonyl (C=O) groups is 2. The number of halogens is 1. The van der Waals surface area contributed by atoms with Gasteiger partial charge in [-0.15, -0.1) is 0 Å². The number of ether oxygens (including phenoxy) is 3. The summed E-state index contributed by atoms with van der Waals surface area (Å²) < 4.78 is 17.8. The molecule has 0 saturated heterocycles. The number of rotatable bonds is 3. The van der Waals surface area contributed by atoms with Gasteiger partial charge in [0.1, 0.15) is 0 Å². The Balaban J connectivity index is 1.79. The van der Waals surface area contributed by atoms with Gasteiger partial charge in [-0.05, 0) is 54.6 Å². The Bertz CT molecular complexity index is 744. The topological polar surface area (TPSA) is 94.1 Å². The van der Waals surface area contributed by atoms with E-state index in [1.807, 2.05) is 6.92 Å². The third-order valence-corrected chi connectivity index (χ3v) is 5.84. The van der Waals surface area contributed by atoms with E-state index in [-0.39, 0.29) is 12.0 Å². The van der Waals surface area contributed by atoms with Gasteiger partial charge in [-0.3, -0.25) is 0 Å². The molecule has 3 rings (SSSR count). The summed E-state index contributed by atoms with van der Waals surface area (Å²) in [5.74, 6) is -0.0204. The highest BCUT2D eigenvalue weighted by Gasteiger charge is 2.47. The maximum Gasteiger partial charge on any atom is 0.404 e. The normalized spacial score (nSPS) is 27.1. The van der Waals surface area contributed by atoms with Crippen molar-refractivity contribution in [3.8, 4) is 11.5 Å². The van der Waals surface area contributed by atoms with Gasteiger partial charge in [0.2, 0.25) is 0 Å². The molecule has 1 atom stereocenters. The molecule has 0 spiro atoms. The molecule has 1 heterocycles. The molecule has 1 unspecified atom stereocenters. The predicted octanol–water partition coefficient (Wildman–Crippen LogP) is 3.86. The molecule has 0 aromatic heterocycles. The fraction of sp³-hybridized carbons (Fsp3) is 0.556. The highest BCUT2D eigenvalue weighted by atomic mass is 79.9. The van der Waals surface area contributed by atoms with Crippen LogP contribution in [0.2, 0.25) is 0 Å². The first-order valence-corrected chi connectivity index (χ1v) is 9.33. The summed E-state index contributed by atoms with van der Waals surface area (Å²) in [6.45, 7) is 3.70. The lowest BCUT2D eigenvalue weighted by Crippen LogP contribution is -2.47. The maximum absolute atomic E-state index is 12.0. The molecule has 1 aromatic carbocycles. The van der Waals surface area contributed by atoms with E-state index < -0.39 is 17.8 Å². The average Bonchev–Trinajstić information content (AvgIpc) is 2.97. The van der Waals surface area contributed by atoms with Gasteiger partial charge in [0.05, 0.1) is 17.1 Å². The zero-order valence-corrected chi connectivity index (χ0v) is 16.5. The van der Waals surface area contributed by atoms with Crippen molar-refractivity contribution in [3.05, 3.63) is 21.7 Å². The van der Waals surface area contributed by atoms with E-state index in [9.17, 15) is 9.59 Å². The van der Waals surface area contributed by atoms with Crippen molar-refractivity contribution in [2.24, 2.45) is 5.92 Å². The number of carbonyl (C=O) groups excluding carboxylic acids is 1. The quantitative estimate of drug-likeness (QED) is 0.711. The zero-order chi connectivity index (χ0) is 19.1.